The van der Waals surface area contributed by atoms with Crippen molar-refractivity contribution in [3.63, 3.8) is 0 Å². The van der Waals surface area contributed by atoms with Gasteiger partial charge in [0.15, 0.2) is 0 Å². The fourth-order valence-electron chi connectivity index (χ4n) is 2.87. The second-order valence-corrected chi connectivity index (χ2v) is 6.03. The standard InChI is InChI=1S/C16H22N4O3/c1-11-7-14(23-19-11)8-13-9-22-10-15(13)18-16(21)3-5-20-6-4-17-12(20)2/h4,6-7,13,15H,3,5,8-10H2,1-2H3,(H,18,21)/t13-,15+/m0/s1. The van der Waals surface area contributed by atoms with Crippen molar-refractivity contribution < 1.29 is 14.1 Å². The predicted molar refractivity (Wildman–Crippen MR) is 82.8 cm³/mol. The number of aromatic nitrogens is 3. The number of nitrogens with zero attached hydrogens (tertiary/aromatic N) is 3. The Labute approximate surface area is 135 Å². The molecular weight excluding hydrogens is 296 g/mol. The lowest BCUT2D eigenvalue weighted by Gasteiger charge is -2.18. The van der Waals surface area contributed by atoms with E-state index >= 15 is 0 Å². The summed E-state index contributed by atoms with van der Waals surface area (Å²) in [6, 6.07) is 1.95. The molecule has 0 spiro atoms. The highest BCUT2D eigenvalue weighted by molar-refractivity contribution is 5.76. The number of imidazole rings is 1. The van der Waals surface area contributed by atoms with Gasteiger partial charge in [-0.3, -0.25) is 4.79 Å². The number of carbonyl (C=O) groups is 1. The van der Waals surface area contributed by atoms with Crippen molar-refractivity contribution in [2.45, 2.75) is 39.3 Å². The Bertz CT molecular complexity index is 664. The first kappa shape index (κ1) is 15.7. The van der Waals surface area contributed by atoms with Gasteiger partial charge in [0.05, 0.1) is 24.9 Å². The number of aryl methyl sites for hydroxylation is 3. The Morgan fingerprint density at radius 2 is 2.30 bits per heavy atom. The average Bonchev–Trinajstić information content (AvgIpc) is 3.22. The number of amides is 1. The molecule has 2 aromatic heterocycles. The van der Waals surface area contributed by atoms with Crippen LogP contribution >= 0.6 is 0 Å². The molecule has 1 N–H and O–H groups in total. The maximum Gasteiger partial charge on any atom is 0.222 e. The molecule has 1 amide bonds. The molecular formula is C16H22N4O3. The summed E-state index contributed by atoms with van der Waals surface area (Å²) in [6.07, 6.45) is 4.79. The van der Waals surface area contributed by atoms with Gasteiger partial charge in [0.2, 0.25) is 5.91 Å². The van der Waals surface area contributed by atoms with Crippen LogP contribution in [0.25, 0.3) is 0 Å². The second kappa shape index (κ2) is 6.95. The summed E-state index contributed by atoms with van der Waals surface area (Å²) in [5.74, 6) is 2.01. The van der Waals surface area contributed by atoms with Crippen LogP contribution in [0, 0.1) is 19.8 Å². The van der Waals surface area contributed by atoms with Crippen LogP contribution in [0.2, 0.25) is 0 Å². The first-order valence-electron chi connectivity index (χ1n) is 7.89. The number of carbonyl (C=O) groups excluding carboxylic acids is 1. The monoisotopic (exact) mass is 318 g/mol. The van der Waals surface area contributed by atoms with Crippen molar-refractivity contribution >= 4 is 5.91 Å². The lowest BCUT2D eigenvalue weighted by atomic mass is 9.98. The minimum atomic E-state index is 0.0248. The highest BCUT2D eigenvalue weighted by Gasteiger charge is 2.30. The van der Waals surface area contributed by atoms with Crippen molar-refractivity contribution in [2.24, 2.45) is 5.92 Å². The molecule has 7 heteroatoms. The molecule has 3 rings (SSSR count). The Morgan fingerprint density at radius 3 is 3.00 bits per heavy atom. The minimum absolute atomic E-state index is 0.0248. The van der Waals surface area contributed by atoms with Crippen LogP contribution in [0.4, 0.5) is 0 Å². The largest absolute Gasteiger partial charge is 0.379 e. The van der Waals surface area contributed by atoms with Gasteiger partial charge in [0, 0.05) is 43.8 Å². The van der Waals surface area contributed by atoms with Crippen molar-refractivity contribution in [2.75, 3.05) is 13.2 Å². The van der Waals surface area contributed by atoms with Crippen molar-refractivity contribution in [3.8, 4) is 0 Å². The zero-order chi connectivity index (χ0) is 16.2. The molecule has 0 aromatic carbocycles. The fourth-order valence-corrected chi connectivity index (χ4v) is 2.87. The van der Waals surface area contributed by atoms with E-state index in [1.54, 1.807) is 6.20 Å². The van der Waals surface area contributed by atoms with E-state index in [4.69, 9.17) is 9.26 Å². The van der Waals surface area contributed by atoms with Crippen molar-refractivity contribution in [3.05, 3.63) is 35.7 Å². The van der Waals surface area contributed by atoms with E-state index < -0.39 is 0 Å². The van der Waals surface area contributed by atoms with Crippen LogP contribution in [0.5, 0.6) is 0 Å². The highest BCUT2D eigenvalue weighted by Crippen LogP contribution is 2.20. The number of nitrogens with one attached hydrogen (secondary N) is 1. The van der Waals surface area contributed by atoms with Gasteiger partial charge in [-0.25, -0.2) is 4.98 Å². The average molecular weight is 318 g/mol. The maximum atomic E-state index is 12.2. The molecule has 2 atom stereocenters. The zero-order valence-corrected chi connectivity index (χ0v) is 13.5. The van der Waals surface area contributed by atoms with E-state index in [0.29, 0.717) is 26.2 Å². The van der Waals surface area contributed by atoms with Crippen LogP contribution in [0.15, 0.2) is 23.0 Å². The molecule has 0 aliphatic carbocycles. The first-order chi connectivity index (χ1) is 11.1. The molecule has 2 aromatic rings. The lowest BCUT2D eigenvalue weighted by molar-refractivity contribution is -0.122. The third-order valence-corrected chi connectivity index (χ3v) is 4.19. The molecule has 7 nitrogen and oxygen atoms in total. The quantitative estimate of drug-likeness (QED) is 0.867. The fraction of sp³-hybridized carbons (Fsp3) is 0.562. The molecule has 1 fully saturated rings. The third kappa shape index (κ3) is 3.98. The Kier molecular flexibility index (Phi) is 4.76. The van der Waals surface area contributed by atoms with Gasteiger partial charge in [0.1, 0.15) is 11.6 Å². The molecule has 1 saturated heterocycles. The number of hydrogen-bond acceptors (Lipinski definition) is 5. The van der Waals surface area contributed by atoms with E-state index in [2.05, 4.69) is 15.5 Å². The van der Waals surface area contributed by atoms with E-state index in [-0.39, 0.29) is 17.9 Å². The molecule has 1 aliphatic heterocycles. The molecule has 0 bridgehead atoms. The van der Waals surface area contributed by atoms with Gasteiger partial charge in [-0.15, -0.1) is 0 Å². The zero-order valence-electron chi connectivity index (χ0n) is 13.5. The SMILES string of the molecule is Cc1cc(C[C@H]2COC[C@H]2NC(=O)CCn2ccnc2C)on1. The summed E-state index contributed by atoms with van der Waals surface area (Å²) in [5, 5.41) is 6.98. The highest BCUT2D eigenvalue weighted by atomic mass is 16.5. The van der Waals surface area contributed by atoms with Crippen LogP contribution in [-0.2, 0) is 22.5 Å². The van der Waals surface area contributed by atoms with E-state index in [1.807, 2.05) is 30.7 Å². The first-order valence-corrected chi connectivity index (χ1v) is 7.89. The smallest absolute Gasteiger partial charge is 0.222 e. The lowest BCUT2D eigenvalue weighted by Crippen LogP contribution is -2.40. The van der Waals surface area contributed by atoms with Gasteiger partial charge >= 0.3 is 0 Å². The Balaban J connectivity index is 1.49. The Morgan fingerprint density at radius 1 is 1.43 bits per heavy atom. The summed E-state index contributed by atoms with van der Waals surface area (Å²) >= 11 is 0. The molecule has 0 unspecified atom stereocenters. The minimum Gasteiger partial charge on any atom is -0.379 e. The van der Waals surface area contributed by atoms with Crippen LogP contribution in [0.3, 0.4) is 0 Å². The van der Waals surface area contributed by atoms with E-state index in [9.17, 15) is 4.79 Å². The molecule has 124 valence electrons. The van der Waals surface area contributed by atoms with E-state index in [0.717, 1.165) is 23.7 Å². The normalized spacial score (nSPS) is 20.8. The second-order valence-electron chi connectivity index (χ2n) is 6.03. The maximum absolute atomic E-state index is 12.2. The predicted octanol–water partition coefficient (Wildman–Crippen LogP) is 1.25. The van der Waals surface area contributed by atoms with Crippen molar-refractivity contribution in [1.29, 1.82) is 0 Å². The molecule has 23 heavy (non-hydrogen) atoms. The number of rotatable bonds is 6. The Hall–Kier alpha value is -2.15. The summed E-state index contributed by atoms with van der Waals surface area (Å²) in [5.41, 5.74) is 0.871. The van der Waals surface area contributed by atoms with Crippen LogP contribution < -0.4 is 5.32 Å². The molecule has 3 heterocycles. The third-order valence-electron chi connectivity index (χ3n) is 4.19. The molecule has 1 aliphatic rings. The van der Waals surface area contributed by atoms with Crippen LogP contribution in [0.1, 0.15) is 23.7 Å². The number of hydrogen-bond donors (Lipinski definition) is 1. The van der Waals surface area contributed by atoms with Gasteiger partial charge in [-0.1, -0.05) is 5.16 Å². The van der Waals surface area contributed by atoms with Crippen LogP contribution in [-0.4, -0.2) is 39.9 Å². The summed E-state index contributed by atoms with van der Waals surface area (Å²) in [4.78, 5) is 16.3. The van der Waals surface area contributed by atoms with Gasteiger partial charge < -0.3 is 19.1 Å². The van der Waals surface area contributed by atoms with Crippen molar-refractivity contribution in [1.82, 2.24) is 20.0 Å². The summed E-state index contributed by atoms with van der Waals surface area (Å²) < 4.78 is 12.8. The van der Waals surface area contributed by atoms with Gasteiger partial charge in [0.25, 0.3) is 0 Å². The summed E-state index contributed by atoms with van der Waals surface area (Å²) in [7, 11) is 0. The van der Waals surface area contributed by atoms with E-state index in [1.165, 1.54) is 0 Å². The topological polar surface area (TPSA) is 82.2 Å². The summed E-state index contributed by atoms with van der Waals surface area (Å²) in [6.45, 7) is 5.64. The van der Waals surface area contributed by atoms with Gasteiger partial charge in [-0.2, -0.15) is 0 Å². The number of ether oxygens (including phenoxy) is 1. The van der Waals surface area contributed by atoms with Gasteiger partial charge in [-0.05, 0) is 13.8 Å². The molecule has 0 radical (unpaired) electrons. The molecule has 0 saturated carbocycles.